The molecule has 0 aromatic carbocycles. The number of anilines is 1. The van der Waals surface area contributed by atoms with E-state index in [1.807, 2.05) is 0 Å². The summed E-state index contributed by atoms with van der Waals surface area (Å²) < 4.78 is 4.82. The lowest BCUT2D eigenvalue weighted by Gasteiger charge is -2.03. The highest BCUT2D eigenvalue weighted by molar-refractivity contribution is 5.46. The van der Waals surface area contributed by atoms with Crippen molar-refractivity contribution in [2.24, 2.45) is 0 Å². The largest absolute Gasteiger partial charge is 0.363 e. The first kappa shape index (κ1) is 12.0. The fourth-order valence-corrected chi connectivity index (χ4v) is 1.42. The van der Waals surface area contributed by atoms with Gasteiger partial charge in [-0.3, -0.25) is 10.1 Å². The van der Waals surface area contributed by atoms with Gasteiger partial charge in [0.2, 0.25) is 5.89 Å². The highest BCUT2D eigenvalue weighted by Gasteiger charge is 2.11. The zero-order chi connectivity index (χ0) is 13.1. The number of hydrogen-bond acceptors (Lipinski definition) is 7. The van der Waals surface area contributed by atoms with Gasteiger partial charge in [0.25, 0.3) is 5.69 Å². The minimum atomic E-state index is -0.464. The molecule has 0 aliphatic carbocycles. The Kier molecular flexibility index (Phi) is 3.18. The van der Waals surface area contributed by atoms with Gasteiger partial charge in [-0.2, -0.15) is 4.98 Å². The van der Waals surface area contributed by atoms with Gasteiger partial charge in [-0.05, 0) is 13.0 Å². The van der Waals surface area contributed by atoms with E-state index in [1.54, 1.807) is 19.9 Å². The molecular formula is C10H11N5O3. The van der Waals surface area contributed by atoms with Crippen LogP contribution in [0.25, 0.3) is 0 Å². The highest BCUT2D eigenvalue weighted by Crippen LogP contribution is 2.18. The van der Waals surface area contributed by atoms with Crippen molar-refractivity contribution in [2.75, 3.05) is 5.32 Å². The van der Waals surface area contributed by atoms with Crippen LogP contribution in [0.15, 0.2) is 16.8 Å². The van der Waals surface area contributed by atoms with E-state index in [0.29, 0.717) is 29.6 Å². The minimum Gasteiger partial charge on any atom is -0.363 e. The van der Waals surface area contributed by atoms with Crippen molar-refractivity contribution in [1.29, 1.82) is 0 Å². The molecule has 18 heavy (non-hydrogen) atoms. The van der Waals surface area contributed by atoms with Crippen LogP contribution < -0.4 is 5.32 Å². The van der Waals surface area contributed by atoms with Crippen LogP contribution >= 0.6 is 0 Å². The highest BCUT2D eigenvalue weighted by atomic mass is 16.6. The second-order valence-corrected chi connectivity index (χ2v) is 3.70. The van der Waals surface area contributed by atoms with Gasteiger partial charge in [-0.15, -0.1) is 0 Å². The van der Waals surface area contributed by atoms with Crippen LogP contribution in [0.5, 0.6) is 0 Å². The number of nitro groups is 1. The van der Waals surface area contributed by atoms with Crippen LogP contribution in [0.3, 0.4) is 0 Å². The molecule has 1 N–H and O–H groups in total. The summed E-state index contributed by atoms with van der Waals surface area (Å²) in [5, 5.41) is 17.3. The van der Waals surface area contributed by atoms with Crippen molar-refractivity contribution >= 4 is 11.5 Å². The van der Waals surface area contributed by atoms with Gasteiger partial charge in [0.1, 0.15) is 12.0 Å². The maximum atomic E-state index is 10.6. The summed E-state index contributed by atoms with van der Waals surface area (Å²) in [6.45, 7) is 3.70. The Bertz CT molecular complexity index is 581. The fourth-order valence-electron chi connectivity index (χ4n) is 1.42. The fraction of sp³-hybridized carbons (Fsp3) is 0.300. The number of nitrogens with zero attached hydrogens (tertiary/aromatic N) is 4. The van der Waals surface area contributed by atoms with Crippen molar-refractivity contribution in [3.05, 3.63) is 39.7 Å². The first-order valence-corrected chi connectivity index (χ1v) is 5.20. The molecule has 0 amide bonds. The summed E-state index contributed by atoms with van der Waals surface area (Å²) in [7, 11) is 0. The normalized spacial score (nSPS) is 10.3. The Morgan fingerprint density at radius 3 is 2.83 bits per heavy atom. The van der Waals surface area contributed by atoms with Gasteiger partial charge in [0, 0.05) is 12.5 Å². The average molecular weight is 249 g/mol. The van der Waals surface area contributed by atoms with Crippen molar-refractivity contribution in [1.82, 2.24) is 15.1 Å². The third-order valence-electron chi connectivity index (χ3n) is 2.28. The molecule has 0 atom stereocenters. The van der Waals surface area contributed by atoms with Gasteiger partial charge in [0.15, 0.2) is 5.82 Å². The lowest BCUT2D eigenvalue weighted by molar-refractivity contribution is -0.385. The number of aryl methyl sites for hydroxylation is 2. The molecule has 0 bridgehead atoms. The SMILES string of the molecule is Cc1nc(CNc2cc(C)c([N+](=O)[O-])cn2)no1. The molecule has 8 heteroatoms. The summed E-state index contributed by atoms with van der Waals surface area (Å²) in [6.07, 6.45) is 1.22. The molecule has 0 unspecified atom stereocenters. The molecule has 0 saturated carbocycles. The smallest absolute Gasteiger partial charge is 0.290 e. The standard InChI is InChI=1S/C10H11N5O3/c1-6-3-9(11-4-8(6)15(16)17)12-5-10-13-7(2)18-14-10/h3-4H,5H2,1-2H3,(H,11,12). The third kappa shape index (κ3) is 2.59. The number of hydrogen-bond donors (Lipinski definition) is 1. The number of pyridine rings is 1. The van der Waals surface area contributed by atoms with E-state index in [4.69, 9.17) is 4.52 Å². The van der Waals surface area contributed by atoms with E-state index in [-0.39, 0.29) is 5.69 Å². The molecule has 0 radical (unpaired) electrons. The predicted octanol–water partition coefficient (Wildman–Crippen LogP) is 1.60. The van der Waals surface area contributed by atoms with Crippen LogP contribution in [0.2, 0.25) is 0 Å². The van der Waals surface area contributed by atoms with Crippen LogP contribution in [0.4, 0.5) is 11.5 Å². The summed E-state index contributed by atoms with van der Waals surface area (Å²) in [5.74, 6) is 1.52. The second-order valence-electron chi connectivity index (χ2n) is 3.70. The van der Waals surface area contributed by atoms with Gasteiger partial charge in [-0.25, -0.2) is 4.98 Å². The second kappa shape index (κ2) is 4.78. The zero-order valence-corrected chi connectivity index (χ0v) is 9.88. The van der Waals surface area contributed by atoms with E-state index in [1.165, 1.54) is 6.20 Å². The number of aromatic nitrogens is 3. The van der Waals surface area contributed by atoms with Crippen LogP contribution in [0.1, 0.15) is 17.3 Å². The van der Waals surface area contributed by atoms with Gasteiger partial charge < -0.3 is 9.84 Å². The number of nitrogens with one attached hydrogen (secondary N) is 1. The molecule has 2 aromatic heterocycles. The van der Waals surface area contributed by atoms with Gasteiger partial charge >= 0.3 is 0 Å². The maximum Gasteiger partial charge on any atom is 0.290 e. The minimum absolute atomic E-state index is 0.00374. The van der Waals surface area contributed by atoms with Crippen LogP contribution in [-0.2, 0) is 6.54 Å². The summed E-state index contributed by atoms with van der Waals surface area (Å²) >= 11 is 0. The number of rotatable bonds is 4. The van der Waals surface area contributed by atoms with Crippen LogP contribution in [0, 0.1) is 24.0 Å². The van der Waals surface area contributed by atoms with Crippen molar-refractivity contribution < 1.29 is 9.45 Å². The third-order valence-corrected chi connectivity index (χ3v) is 2.28. The van der Waals surface area contributed by atoms with Crippen molar-refractivity contribution in [3.63, 3.8) is 0 Å². The van der Waals surface area contributed by atoms with E-state index in [9.17, 15) is 10.1 Å². The Labute approximate surface area is 102 Å². The first-order valence-electron chi connectivity index (χ1n) is 5.20. The molecule has 2 heterocycles. The molecule has 0 aliphatic heterocycles. The van der Waals surface area contributed by atoms with Gasteiger partial charge in [0.05, 0.1) is 11.5 Å². The van der Waals surface area contributed by atoms with E-state index < -0.39 is 4.92 Å². The Hall–Kier alpha value is -2.51. The topological polar surface area (TPSA) is 107 Å². The summed E-state index contributed by atoms with van der Waals surface area (Å²) in [6, 6.07) is 1.60. The van der Waals surface area contributed by atoms with Crippen molar-refractivity contribution in [3.8, 4) is 0 Å². The van der Waals surface area contributed by atoms with E-state index >= 15 is 0 Å². The first-order chi connectivity index (χ1) is 8.56. The summed E-state index contributed by atoms with van der Waals surface area (Å²) in [5.41, 5.74) is 0.540. The molecule has 0 fully saturated rings. The predicted molar refractivity (Wildman–Crippen MR) is 62.0 cm³/mol. The molecule has 0 aliphatic rings. The summed E-state index contributed by atoms with van der Waals surface area (Å²) in [4.78, 5) is 18.1. The molecule has 94 valence electrons. The Balaban J connectivity index is 2.06. The lowest BCUT2D eigenvalue weighted by atomic mass is 10.2. The molecule has 2 rings (SSSR count). The monoisotopic (exact) mass is 249 g/mol. The molecule has 0 spiro atoms. The molecule has 0 saturated heterocycles. The average Bonchev–Trinajstić information content (AvgIpc) is 2.72. The zero-order valence-electron chi connectivity index (χ0n) is 9.88. The van der Waals surface area contributed by atoms with Crippen molar-refractivity contribution in [2.45, 2.75) is 20.4 Å². The lowest BCUT2D eigenvalue weighted by Crippen LogP contribution is -2.04. The van der Waals surface area contributed by atoms with E-state index in [0.717, 1.165) is 0 Å². The van der Waals surface area contributed by atoms with Gasteiger partial charge in [-0.1, -0.05) is 5.16 Å². The molecular weight excluding hydrogens is 238 g/mol. The quantitative estimate of drug-likeness (QED) is 0.647. The Morgan fingerprint density at radius 1 is 1.50 bits per heavy atom. The molecule has 8 nitrogen and oxygen atoms in total. The van der Waals surface area contributed by atoms with Crippen LogP contribution in [-0.4, -0.2) is 20.0 Å². The van der Waals surface area contributed by atoms with E-state index in [2.05, 4.69) is 20.4 Å². The molecule has 2 aromatic rings. The maximum absolute atomic E-state index is 10.6. The Morgan fingerprint density at radius 2 is 2.28 bits per heavy atom.